The van der Waals surface area contributed by atoms with Gasteiger partial charge in [0, 0.05) is 0 Å². The summed E-state index contributed by atoms with van der Waals surface area (Å²) in [6, 6.07) is 9.87. The van der Waals surface area contributed by atoms with Crippen molar-refractivity contribution < 1.29 is 0 Å². The van der Waals surface area contributed by atoms with Gasteiger partial charge in [0.2, 0.25) is 0 Å². The minimum absolute atomic E-state index is 0.578. The predicted molar refractivity (Wildman–Crippen MR) is 55.1 cm³/mol. The highest BCUT2D eigenvalue weighted by atomic mass is 16.3. The molecule has 1 rings (SSSR count). The Bertz CT molecular complexity index is 314. The lowest BCUT2D eigenvalue weighted by atomic mass is 10.0. The third-order valence-corrected chi connectivity index (χ3v) is 2.05. The van der Waals surface area contributed by atoms with Gasteiger partial charge in [0.05, 0.1) is 5.70 Å². The van der Waals surface area contributed by atoms with E-state index >= 15 is 0 Å². The Kier molecular flexibility index (Phi) is 3.38. The third-order valence-electron chi connectivity index (χ3n) is 2.05. The van der Waals surface area contributed by atoms with Crippen LogP contribution in [0, 0.1) is 4.91 Å². The maximum Gasteiger partial charge on any atom is 0.0855 e. The second-order valence-electron chi connectivity index (χ2n) is 2.87. The summed E-state index contributed by atoms with van der Waals surface area (Å²) in [5.41, 5.74) is 2.69. The average molecular weight is 175 g/mol. The van der Waals surface area contributed by atoms with Crippen LogP contribution in [0.25, 0.3) is 5.57 Å². The first-order valence-corrected chi connectivity index (χ1v) is 4.38. The van der Waals surface area contributed by atoms with Crippen molar-refractivity contribution in [3.8, 4) is 0 Å². The summed E-state index contributed by atoms with van der Waals surface area (Å²) >= 11 is 0. The van der Waals surface area contributed by atoms with E-state index in [1.54, 1.807) is 6.92 Å². The molecular formula is C11H13NO. The summed E-state index contributed by atoms with van der Waals surface area (Å²) in [5, 5.41) is 2.97. The zero-order chi connectivity index (χ0) is 9.68. The first-order valence-electron chi connectivity index (χ1n) is 4.38. The molecule has 0 aromatic heterocycles. The fourth-order valence-corrected chi connectivity index (χ4v) is 1.36. The largest absolute Gasteiger partial charge is 0.145 e. The van der Waals surface area contributed by atoms with Crippen molar-refractivity contribution in [2.24, 2.45) is 5.18 Å². The molecule has 0 bridgehead atoms. The molecule has 0 radical (unpaired) electrons. The number of nitroso groups, excluding NO2 is 1. The third kappa shape index (κ3) is 2.25. The van der Waals surface area contributed by atoms with Crippen LogP contribution in [0.5, 0.6) is 0 Å². The van der Waals surface area contributed by atoms with Crippen molar-refractivity contribution in [2.75, 3.05) is 0 Å². The number of hydrogen-bond donors (Lipinski definition) is 0. The van der Waals surface area contributed by atoms with Crippen molar-refractivity contribution >= 4 is 5.57 Å². The van der Waals surface area contributed by atoms with E-state index in [9.17, 15) is 4.91 Å². The lowest BCUT2D eigenvalue weighted by Gasteiger charge is -2.04. The highest BCUT2D eigenvalue weighted by Gasteiger charge is 2.02. The van der Waals surface area contributed by atoms with Gasteiger partial charge in [-0.25, -0.2) is 0 Å². The second kappa shape index (κ2) is 4.55. The van der Waals surface area contributed by atoms with Crippen molar-refractivity contribution in [1.82, 2.24) is 0 Å². The fraction of sp³-hybridized carbons (Fsp3) is 0.273. The minimum atomic E-state index is 0.578. The quantitative estimate of drug-likeness (QED) is 0.645. The maximum atomic E-state index is 10.4. The molecule has 0 saturated carbocycles. The van der Waals surface area contributed by atoms with Crippen LogP contribution in [0.4, 0.5) is 0 Å². The molecule has 0 unspecified atom stereocenters. The lowest BCUT2D eigenvalue weighted by Crippen LogP contribution is -1.85. The Balaban J connectivity index is 3.12. The van der Waals surface area contributed by atoms with Crippen LogP contribution in [0.15, 0.2) is 41.2 Å². The second-order valence-corrected chi connectivity index (χ2v) is 2.87. The van der Waals surface area contributed by atoms with Crippen LogP contribution in [0.3, 0.4) is 0 Å². The molecule has 68 valence electrons. The molecule has 0 aliphatic heterocycles. The van der Waals surface area contributed by atoms with Crippen LogP contribution >= 0.6 is 0 Å². The van der Waals surface area contributed by atoms with Gasteiger partial charge in [-0.1, -0.05) is 37.3 Å². The first-order chi connectivity index (χ1) is 6.29. The van der Waals surface area contributed by atoms with Gasteiger partial charge in [0.25, 0.3) is 0 Å². The van der Waals surface area contributed by atoms with Gasteiger partial charge < -0.3 is 0 Å². The maximum absolute atomic E-state index is 10.4. The highest BCUT2D eigenvalue weighted by Crippen LogP contribution is 2.21. The molecule has 0 spiro atoms. The summed E-state index contributed by atoms with van der Waals surface area (Å²) < 4.78 is 0. The molecule has 0 fully saturated rings. The molecule has 1 aromatic carbocycles. The lowest BCUT2D eigenvalue weighted by molar-refractivity contribution is 1.17. The molecule has 1 aromatic rings. The smallest absolute Gasteiger partial charge is 0.0855 e. The molecule has 0 heterocycles. The number of benzene rings is 1. The topological polar surface area (TPSA) is 29.4 Å². The van der Waals surface area contributed by atoms with E-state index in [-0.39, 0.29) is 0 Å². The average Bonchev–Trinajstić information content (AvgIpc) is 2.20. The molecule has 2 heteroatoms. The van der Waals surface area contributed by atoms with Gasteiger partial charge in [0.1, 0.15) is 0 Å². The summed E-state index contributed by atoms with van der Waals surface area (Å²) in [6.45, 7) is 3.77. The minimum Gasteiger partial charge on any atom is -0.145 e. The van der Waals surface area contributed by atoms with Crippen molar-refractivity contribution in [1.29, 1.82) is 0 Å². The van der Waals surface area contributed by atoms with Crippen LogP contribution in [-0.2, 0) is 0 Å². The van der Waals surface area contributed by atoms with E-state index in [2.05, 4.69) is 5.18 Å². The molecule has 0 aliphatic rings. The number of hydrogen-bond acceptors (Lipinski definition) is 2. The Morgan fingerprint density at radius 1 is 1.31 bits per heavy atom. The number of nitrogens with zero attached hydrogens (tertiary/aromatic N) is 1. The summed E-state index contributed by atoms with van der Waals surface area (Å²) in [7, 11) is 0. The zero-order valence-electron chi connectivity index (χ0n) is 7.95. The molecule has 0 amide bonds. The first kappa shape index (κ1) is 9.65. The number of allylic oxidation sites excluding steroid dienone is 2. The summed E-state index contributed by atoms with van der Waals surface area (Å²) in [6.07, 6.45) is 0.835. The fourth-order valence-electron chi connectivity index (χ4n) is 1.36. The Labute approximate surface area is 78.3 Å². The molecule has 13 heavy (non-hydrogen) atoms. The summed E-state index contributed by atoms with van der Waals surface area (Å²) in [4.78, 5) is 10.4. The van der Waals surface area contributed by atoms with Crippen molar-refractivity contribution in [3.63, 3.8) is 0 Å². The van der Waals surface area contributed by atoms with Gasteiger partial charge in [-0.2, -0.15) is 0 Å². The van der Waals surface area contributed by atoms with Gasteiger partial charge in [-0.05, 0) is 29.7 Å². The Morgan fingerprint density at radius 3 is 2.38 bits per heavy atom. The van der Waals surface area contributed by atoms with E-state index in [0.717, 1.165) is 17.6 Å². The Morgan fingerprint density at radius 2 is 1.92 bits per heavy atom. The van der Waals surface area contributed by atoms with E-state index < -0.39 is 0 Å². The van der Waals surface area contributed by atoms with E-state index in [1.807, 2.05) is 37.3 Å². The molecular weight excluding hydrogens is 162 g/mol. The molecule has 0 aliphatic carbocycles. The SMILES string of the molecule is CCC(=C(C)N=O)c1ccccc1. The van der Waals surface area contributed by atoms with Gasteiger partial charge >= 0.3 is 0 Å². The van der Waals surface area contributed by atoms with E-state index in [0.29, 0.717) is 5.70 Å². The number of rotatable bonds is 3. The van der Waals surface area contributed by atoms with Crippen LogP contribution < -0.4 is 0 Å². The summed E-state index contributed by atoms with van der Waals surface area (Å²) in [5.74, 6) is 0. The van der Waals surface area contributed by atoms with Crippen LogP contribution in [0.2, 0.25) is 0 Å². The van der Waals surface area contributed by atoms with E-state index in [4.69, 9.17) is 0 Å². The van der Waals surface area contributed by atoms with Gasteiger partial charge in [-0.3, -0.25) is 0 Å². The zero-order valence-corrected chi connectivity index (χ0v) is 7.95. The van der Waals surface area contributed by atoms with E-state index in [1.165, 1.54) is 0 Å². The molecule has 0 saturated heterocycles. The van der Waals surface area contributed by atoms with Crippen molar-refractivity contribution in [2.45, 2.75) is 20.3 Å². The van der Waals surface area contributed by atoms with Crippen LogP contribution in [-0.4, -0.2) is 0 Å². The van der Waals surface area contributed by atoms with Gasteiger partial charge in [-0.15, -0.1) is 4.91 Å². The van der Waals surface area contributed by atoms with Crippen molar-refractivity contribution in [3.05, 3.63) is 46.5 Å². The Hall–Kier alpha value is -1.44. The van der Waals surface area contributed by atoms with Gasteiger partial charge in [0.15, 0.2) is 0 Å². The monoisotopic (exact) mass is 175 g/mol. The molecule has 0 atom stereocenters. The van der Waals surface area contributed by atoms with Crippen LogP contribution in [0.1, 0.15) is 25.8 Å². The highest BCUT2D eigenvalue weighted by molar-refractivity contribution is 5.67. The standard InChI is InChI=1S/C11H13NO/c1-3-11(9(2)12-13)10-7-5-4-6-8-10/h4-8H,3H2,1-2H3. The predicted octanol–water partition coefficient (Wildman–Crippen LogP) is 3.59. The molecule has 2 nitrogen and oxygen atoms in total. The normalized spacial score (nSPS) is 12.2. The molecule has 0 N–H and O–H groups in total.